The Labute approximate surface area is 150 Å². The van der Waals surface area contributed by atoms with Crippen LogP contribution >= 0.6 is 11.8 Å². The topological polar surface area (TPSA) is 81.5 Å². The number of nitrogens with one attached hydrogen (secondary N) is 1. The Kier molecular flexibility index (Phi) is 6.41. The van der Waals surface area contributed by atoms with Gasteiger partial charge in [-0.15, -0.1) is 11.8 Å². The average molecular weight is 360 g/mol. The number of aryl methyl sites for hydroxylation is 1. The molecule has 7 heteroatoms. The maximum Gasteiger partial charge on any atom is 0.273 e. The van der Waals surface area contributed by atoms with Crippen molar-refractivity contribution in [1.29, 1.82) is 0 Å². The van der Waals surface area contributed by atoms with Gasteiger partial charge in [-0.3, -0.25) is 14.9 Å². The third-order valence-corrected chi connectivity index (χ3v) is 4.96. The van der Waals surface area contributed by atoms with Gasteiger partial charge in [-0.1, -0.05) is 24.3 Å². The number of methoxy groups -OCH3 is 1. The van der Waals surface area contributed by atoms with Crippen molar-refractivity contribution in [3.8, 4) is 5.75 Å². The summed E-state index contributed by atoms with van der Waals surface area (Å²) in [5, 5.41) is 13.3. The number of hydrogen-bond acceptors (Lipinski definition) is 5. The molecule has 0 aromatic heterocycles. The van der Waals surface area contributed by atoms with E-state index in [4.69, 9.17) is 4.74 Å². The van der Waals surface area contributed by atoms with Gasteiger partial charge in [-0.2, -0.15) is 0 Å². The SMILES string of the molecule is COc1cc([N+](=O)[O-])ccc1NC(=O)[C@H](C)SCc1ccccc1C. The summed E-state index contributed by atoms with van der Waals surface area (Å²) < 4.78 is 5.14. The van der Waals surface area contributed by atoms with Crippen molar-refractivity contribution in [2.75, 3.05) is 12.4 Å². The number of non-ortho nitro benzene ring substituents is 1. The van der Waals surface area contributed by atoms with E-state index in [1.54, 1.807) is 0 Å². The van der Waals surface area contributed by atoms with Gasteiger partial charge in [-0.25, -0.2) is 0 Å². The van der Waals surface area contributed by atoms with Crippen LogP contribution in [0.1, 0.15) is 18.1 Å². The number of carbonyl (C=O) groups excluding carboxylic acids is 1. The fraction of sp³-hybridized carbons (Fsp3) is 0.278. The van der Waals surface area contributed by atoms with E-state index in [1.807, 2.05) is 38.1 Å². The minimum atomic E-state index is -0.505. The van der Waals surface area contributed by atoms with E-state index in [9.17, 15) is 14.9 Å². The first-order valence-corrected chi connectivity index (χ1v) is 8.76. The van der Waals surface area contributed by atoms with Gasteiger partial charge in [0.15, 0.2) is 0 Å². The van der Waals surface area contributed by atoms with Crippen molar-refractivity contribution in [3.05, 3.63) is 63.7 Å². The van der Waals surface area contributed by atoms with Gasteiger partial charge in [0.25, 0.3) is 5.69 Å². The molecule has 0 aliphatic carbocycles. The van der Waals surface area contributed by atoms with Gasteiger partial charge in [0.05, 0.1) is 29.0 Å². The van der Waals surface area contributed by atoms with E-state index in [2.05, 4.69) is 5.32 Å². The molecular formula is C18H20N2O4S. The summed E-state index contributed by atoms with van der Waals surface area (Å²) in [5.41, 5.74) is 2.72. The zero-order valence-electron chi connectivity index (χ0n) is 14.3. The third kappa shape index (κ3) is 4.96. The molecular weight excluding hydrogens is 340 g/mol. The molecule has 1 amide bonds. The minimum absolute atomic E-state index is 0.0863. The van der Waals surface area contributed by atoms with Gasteiger partial charge >= 0.3 is 0 Å². The van der Waals surface area contributed by atoms with Crippen molar-refractivity contribution in [2.45, 2.75) is 24.9 Å². The van der Waals surface area contributed by atoms with Crippen molar-refractivity contribution in [2.24, 2.45) is 0 Å². The van der Waals surface area contributed by atoms with Crippen LogP contribution in [0, 0.1) is 17.0 Å². The van der Waals surface area contributed by atoms with Crippen molar-refractivity contribution in [3.63, 3.8) is 0 Å². The molecule has 0 saturated carbocycles. The fourth-order valence-electron chi connectivity index (χ4n) is 2.19. The number of nitro benzene ring substituents is 1. The first-order valence-electron chi connectivity index (χ1n) is 7.71. The van der Waals surface area contributed by atoms with E-state index in [0.29, 0.717) is 5.69 Å². The van der Waals surface area contributed by atoms with Crippen LogP contribution in [0.15, 0.2) is 42.5 Å². The molecule has 0 radical (unpaired) electrons. The molecule has 0 spiro atoms. The number of benzene rings is 2. The van der Waals surface area contributed by atoms with E-state index in [1.165, 1.54) is 48.2 Å². The Bertz CT molecular complexity index is 779. The largest absolute Gasteiger partial charge is 0.494 e. The van der Waals surface area contributed by atoms with E-state index in [-0.39, 0.29) is 22.6 Å². The molecule has 6 nitrogen and oxygen atoms in total. The summed E-state index contributed by atoms with van der Waals surface area (Å²) in [6, 6.07) is 12.2. The summed E-state index contributed by atoms with van der Waals surface area (Å²) >= 11 is 1.53. The van der Waals surface area contributed by atoms with Gasteiger partial charge in [0.1, 0.15) is 5.75 Å². The van der Waals surface area contributed by atoms with Crippen LogP contribution in [0.2, 0.25) is 0 Å². The molecule has 0 aliphatic rings. The molecule has 1 N–H and O–H groups in total. The van der Waals surface area contributed by atoms with E-state index in [0.717, 1.165) is 5.75 Å². The lowest BCUT2D eigenvalue weighted by Crippen LogP contribution is -2.23. The molecule has 0 bridgehead atoms. The molecule has 2 aromatic rings. The summed E-state index contributed by atoms with van der Waals surface area (Å²) in [5.74, 6) is 0.822. The summed E-state index contributed by atoms with van der Waals surface area (Å²) in [4.78, 5) is 22.7. The van der Waals surface area contributed by atoms with Crippen molar-refractivity contribution < 1.29 is 14.5 Å². The Morgan fingerprint density at radius 3 is 2.68 bits per heavy atom. The molecule has 1 atom stereocenters. The lowest BCUT2D eigenvalue weighted by molar-refractivity contribution is -0.384. The van der Waals surface area contributed by atoms with Crippen LogP contribution in [0.25, 0.3) is 0 Å². The number of amides is 1. The van der Waals surface area contributed by atoms with E-state index >= 15 is 0 Å². The molecule has 0 unspecified atom stereocenters. The third-order valence-electron chi connectivity index (χ3n) is 3.77. The first kappa shape index (κ1) is 18.8. The predicted molar refractivity (Wildman–Crippen MR) is 100 cm³/mol. The highest BCUT2D eigenvalue weighted by atomic mass is 32.2. The van der Waals surface area contributed by atoms with Gasteiger partial charge in [-0.05, 0) is 31.0 Å². The molecule has 0 aliphatic heterocycles. The van der Waals surface area contributed by atoms with Crippen LogP contribution in [0.5, 0.6) is 5.75 Å². The first-order chi connectivity index (χ1) is 11.9. The van der Waals surface area contributed by atoms with Crippen LogP contribution in [-0.4, -0.2) is 23.2 Å². The second-order valence-corrected chi connectivity index (χ2v) is 6.84. The maximum absolute atomic E-state index is 12.4. The standard InChI is InChI=1S/C18H20N2O4S/c1-12-6-4-5-7-14(12)11-25-13(2)18(21)19-16-9-8-15(20(22)23)10-17(16)24-3/h4-10,13H,11H2,1-3H3,(H,19,21)/t13-/m0/s1. The number of carbonyl (C=O) groups is 1. The van der Waals surface area contributed by atoms with Crippen LogP contribution in [-0.2, 0) is 10.5 Å². The normalized spacial score (nSPS) is 11.6. The Morgan fingerprint density at radius 1 is 1.32 bits per heavy atom. The van der Waals surface area contributed by atoms with Crippen molar-refractivity contribution in [1.82, 2.24) is 0 Å². The number of hydrogen-bond donors (Lipinski definition) is 1. The minimum Gasteiger partial charge on any atom is -0.494 e. The number of nitro groups is 1. The van der Waals surface area contributed by atoms with E-state index < -0.39 is 4.92 Å². The molecule has 2 rings (SSSR count). The van der Waals surface area contributed by atoms with Crippen LogP contribution in [0.4, 0.5) is 11.4 Å². The number of anilines is 1. The number of thioether (sulfide) groups is 1. The zero-order valence-corrected chi connectivity index (χ0v) is 15.1. The number of rotatable bonds is 7. The highest BCUT2D eigenvalue weighted by Gasteiger charge is 2.18. The number of ether oxygens (including phenoxy) is 1. The molecule has 0 heterocycles. The fourth-order valence-corrected chi connectivity index (χ4v) is 3.16. The average Bonchev–Trinajstić information content (AvgIpc) is 2.60. The van der Waals surface area contributed by atoms with Gasteiger partial charge in [0, 0.05) is 11.8 Å². The maximum atomic E-state index is 12.4. The Hall–Kier alpha value is -2.54. The summed E-state index contributed by atoms with van der Waals surface area (Å²) in [6.07, 6.45) is 0. The lowest BCUT2D eigenvalue weighted by atomic mass is 10.1. The molecule has 25 heavy (non-hydrogen) atoms. The van der Waals surface area contributed by atoms with Crippen LogP contribution in [0.3, 0.4) is 0 Å². The van der Waals surface area contributed by atoms with Gasteiger partial charge < -0.3 is 10.1 Å². The van der Waals surface area contributed by atoms with Gasteiger partial charge in [0.2, 0.25) is 5.91 Å². The quantitative estimate of drug-likeness (QED) is 0.592. The lowest BCUT2D eigenvalue weighted by Gasteiger charge is -2.14. The molecule has 132 valence electrons. The van der Waals surface area contributed by atoms with Crippen LogP contribution < -0.4 is 10.1 Å². The number of nitrogens with zero attached hydrogens (tertiary/aromatic N) is 1. The Balaban J connectivity index is 2.01. The highest BCUT2D eigenvalue weighted by molar-refractivity contribution is 7.99. The molecule has 0 saturated heterocycles. The summed E-state index contributed by atoms with van der Waals surface area (Å²) in [6.45, 7) is 3.87. The molecule has 2 aromatic carbocycles. The predicted octanol–water partition coefficient (Wildman–Crippen LogP) is 4.17. The van der Waals surface area contributed by atoms with Crippen molar-refractivity contribution >= 4 is 29.0 Å². The highest BCUT2D eigenvalue weighted by Crippen LogP contribution is 2.30. The Morgan fingerprint density at radius 2 is 2.04 bits per heavy atom. The second-order valence-electron chi connectivity index (χ2n) is 5.51. The monoisotopic (exact) mass is 360 g/mol. The smallest absolute Gasteiger partial charge is 0.273 e. The zero-order chi connectivity index (χ0) is 18.4. The summed E-state index contributed by atoms with van der Waals surface area (Å²) in [7, 11) is 1.41. The molecule has 0 fully saturated rings. The second kappa shape index (κ2) is 8.53.